The van der Waals surface area contributed by atoms with Gasteiger partial charge in [0, 0.05) is 31.4 Å². The standard InChI is InChI=1S/C16H21F3N2/c17-16(18,19)13-7-9-21(10-8-13)15-4-2-1-3-12(15)11-20-14-5-6-14/h1-4,13-14,20H,5-11H2. The molecule has 0 unspecified atom stereocenters. The Kier molecular flexibility index (Phi) is 4.11. The molecule has 116 valence electrons. The molecule has 2 nitrogen and oxygen atoms in total. The largest absolute Gasteiger partial charge is 0.391 e. The van der Waals surface area contributed by atoms with Gasteiger partial charge in [-0.15, -0.1) is 0 Å². The third-order valence-corrected chi connectivity index (χ3v) is 4.45. The maximum Gasteiger partial charge on any atom is 0.391 e. The third-order valence-electron chi connectivity index (χ3n) is 4.45. The summed E-state index contributed by atoms with van der Waals surface area (Å²) in [6.07, 6.45) is -1.17. The molecule has 1 heterocycles. The van der Waals surface area contributed by atoms with Crippen molar-refractivity contribution in [3.05, 3.63) is 29.8 Å². The summed E-state index contributed by atoms with van der Waals surface area (Å²) >= 11 is 0. The molecule has 0 atom stereocenters. The van der Waals surface area contributed by atoms with E-state index in [1.807, 2.05) is 18.2 Å². The fraction of sp³-hybridized carbons (Fsp3) is 0.625. The van der Waals surface area contributed by atoms with Gasteiger partial charge in [-0.3, -0.25) is 0 Å². The Labute approximate surface area is 123 Å². The lowest BCUT2D eigenvalue weighted by molar-refractivity contribution is -0.179. The number of piperidine rings is 1. The number of hydrogen-bond acceptors (Lipinski definition) is 2. The van der Waals surface area contributed by atoms with Crippen molar-refractivity contribution in [1.29, 1.82) is 0 Å². The highest BCUT2D eigenvalue weighted by Crippen LogP contribution is 2.36. The summed E-state index contributed by atoms with van der Waals surface area (Å²) in [4.78, 5) is 2.10. The second-order valence-electron chi connectivity index (χ2n) is 6.09. The zero-order chi connectivity index (χ0) is 14.9. The number of halogens is 3. The molecular weight excluding hydrogens is 277 g/mol. The van der Waals surface area contributed by atoms with E-state index >= 15 is 0 Å². The second-order valence-corrected chi connectivity index (χ2v) is 6.09. The van der Waals surface area contributed by atoms with Gasteiger partial charge in [0.05, 0.1) is 5.92 Å². The van der Waals surface area contributed by atoms with Crippen molar-refractivity contribution >= 4 is 5.69 Å². The SMILES string of the molecule is FC(F)(F)C1CCN(c2ccccc2CNC2CC2)CC1. The van der Waals surface area contributed by atoms with Crippen LogP contribution in [0.5, 0.6) is 0 Å². The maximum absolute atomic E-state index is 12.7. The summed E-state index contributed by atoms with van der Waals surface area (Å²) in [7, 11) is 0. The van der Waals surface area contributed by atoms with Crippen molar-refractivity contribution in [2.45, 2.75) is 44.4 Å². The Morgan fingerprint density at radius 3 is 2.33 bits per heavy atom. The molecule has 1 aliphatic carbocycles. The molecular formula is C16H21F3N2. The molecule has 1 saturated heterocycles. The van der Waals surface area contributed by atoms with Gasteiger partial charge >= 0.3 is 6.18 Å². The van der Waals surface area contributed by atoms with Gasteiger partial charge in [-0.1, -0.05) is 18.2 Å². The molecule has 3 rings (SSSR count). The molecule has 0 amide bonds. The van der Waals surface area contributed by atoms with E-state index in [9.17, 15) is 13.2 Å². The first-order valence-electron chi connectivity index (χ1n) is 7.67. The number of hydrogen-bond donors (Lipinski definition) is 1. The summed E-state index contributed by atoms with van der Waals surface area (Å²) < 4.78 is 38.2. The van der Waals surface area contributed by atoms with Crippen LogP contribution in [0.25, 0.3) is 0 Å². The molecule has 1 aromatic carbocycles. The number of anilines is 1. The van der Waals surface area contributed by atoms with Crippen LogP contribution in [0.2, 0.25) is 0 Å². The monoisotopic (exact) mass is 298 g/mol. The van der Waals surface area contributed by atoms with E-state index in [1.54, 1.807) is 0 Å². The van der Waals surface area contributed by atoms with Gasteiger partial charge in [0.2, 0.25) is 0 Å². The topological polar surface area (TPSA) is 15.3 Å². The minimum Gasteiger partial charge on any atom is -0.371 e. The van der Waals surface area contributed by atoms with Gasteiger partial charge < -0.3 is 10.2 Å². The summed E-state index contributed by atoms with van der Waals surface area (Å²) in [5.41, 5.74) is 2.28. The highest BCUT2D eigenvalue weighted by atomic mass is 19.4. The minimum absolute atomic E-state index is 0.202. The summed E-state index contributed by atoms with van der Waals surface area (Å²) in [5.74, 6) is -1.13. The average molecular weight is 298 g/mol. The predicted molar refractivity (Wildman–Crippen MR) is 77.3 cm³/mol. The Balaban J connectivity index is 1.64. The molecule has 0 bridgehead atoms. The summed E-state index contributed by atoms with van der Waals surface area (Å²) in [6, 6.07) is 8.69. The van der Waals surface area contributed by atoms with Gasteiger partial charge in [-0.25, -0.2) is 0 Å². The van der Waals surface area contributed by atoms with Gasteiger partial charge in [0.1, 0.15) is 0 Å². The van der Waals surface area contributed by atoms with Gasteiger partial charge in [-0.2, -0.15) is 13.2 Å². The van der Waals surface area contributed by atoms with Crippen LogP contribution in [0.3, 0.4) is 0 Å². The van der Waals surface area contributed by atoms with E-state index in [4.69, 9.17) is 0 Å². The first-order chi connectivity index (χ1) is 10.0. The molecule has 0 spiro atoms. The van der Waals surface area contributed by atoms with Crippen LogP contribution < -0.4 is 10.2 Å². The highest BCUT2D eigenvalue weighted by Gasteiger charge is 2.41. The zero-order valence-electron chi connectivity index (χ0n) is 12.0. The number of rotatable bonds is 4. The average Bonchev–Trinajstić information content (AvgIpc) is 3.29. The van der Waals surface area contributed by atoms with Crippen LogP contribution in [-0.4, -0.2) is 25.3 Å². The molecule has 2 aliphatic rings. The first kappa shape index (κ1) is 14.7. The predicted octanol–water partition coefficient (Wildman–Crippen LogP) is 3.72. The molecule has 1 N–H and O–H groups in total. The lowest BCUT2D eigenvalue weighted by Gasteiger charge is -2.35. The Hall–Kier alpha value is -1.23. The number of nitrogens with zero attached hydrogens (tertiary/aromatic N) is 1. The number of alkyl halides is 3. The lowest BCUT2D eigenvalue weighted by Crippen LogP contribution is -2.39. The van der Waals surface area contributed by atoms with E-state index in [-0.39, 0.29) is 12.8 Å². The van der Waals surface area contributed by atoms with Crippen molar-refractivity contribution in [2.24, 2.45) is 5.92 Å². The highest BCUT2D eigenvalue weighted by molar-refractivity contribution is 5.54. The van der Waals surface area contributed by atoms with Crippen molar-refractivity contribution in [2.75, 3.05) is 18.0 Å². The van der Waals surface area contributed by atoms with Crippen LogP contribution in [-0.2, 0) is 6.54 Å². The van der Waals surface area contributed by atoms with Crippen LogP contribution in [0, 0.1) is 5.92 Å². The summed E-state index contributed by atoms with van der Waals surface area (Å²) in [5, 5.41) is 3.48. The number of para-hydroxylation sites is 1. The zero-order valence-corrected chi connectivity index (χ0v) is 12.0. The van der Waals surface area contributed by atoms with Crippen LogP contribution >= 0.6 is 0 Å². The molecule has 1 aliphatic heterocycles. The fourth-order valence-corrected chi connectivity index (χ4v) is 2.96. The Morgan fingerprint density at radius 1 is 1.05 bits per heavy atom. The first-order valence-corrected chi connectivity index (χ1v) is 7.67. The smallest absolute Gasteiger partial charge is 0.371 e. The van der Waals surface area contributed by atoms with E-state index in [0.29, 0.717) is 19.1 Å². The van der Waals surface area contributed by atoms with Crippen molar-refractivity contribution in [3.63, 3.8) is 0 Å². The molecule has 2 fully saturated rings. The van der Waals surface area contributed by atoms with Crippen molar-refractivity contribution in [3.8, 4) is 0 Å². The summed E-state index contributed by atoms with van der Waals surface area (Å²) in [6.45, 7) is 1.79. The Morgan fingerprint density at radius 2 is 1.71 bits per heavy atom. The quantitative estimate of drug-likeness (QED) is 0.911. The number of nitrogens with one attached hydrogen (secondary N) is 1. The molecule has 21 heavy (non-hydrogen) atoms. The molecule has 0 aromatic heterocycles. The van der Waals surface area contributed by atoms with E-state index < -0.39 is 12.1 Å². The van der Waals surface area contributed by atoms with E-state index in [2.05, 4.69) is 16.3 Å². The Bertz CT molecular complexity index is 475. The van der Waals surface area contributed by atoms with E-state index in [1.165, 1.54) is 18.4 Å². The van der Waals surface area contributed by atoms with Gasteiger partial charge in [-0.05, 0) is 37.3 Å². The van der Waals surface area contributed by atoms with Crippen LogP contribution in [0.4, 0.5) is 18.9 Å². The van der Waals surface area contributed by atoms with Crippen LogP contribution in [0.1, 0.15) is 31.2 Å². The second kappa shape index (κ2) is 5.87. The van der Waals surface area contributed by atoms with Gasteiger partial charge in [0.15, 0.2) is 0 Å². The van der Waals surface area contributed by atoms with Crippen molar-refractivity contribution in [1.82, 2.24) is 5.32 Å². The fourth-order valence-electron chi connectivity index (χ4n) is 2.96. The molecule has 0 radical (unpaired) electrons. The maximum atomic E-state index is 12.7. The van der Waals surface area contributed by atoms with Gasteiger partial charge in [0.25, 0.3) is 0 Å². The minimum atomic E-state index is -4.04. The molecule has 1 aromatic rings. The third kappa shape index (κ3) is 3.70. The lowest BCUT2D eigenvalue weighted by atomic mass is 9.95. The number of benzene rings is 1. The van der Waals surface area contributed by atoms with Crippen LogP contribution in [0.15, 0.2) is 24.3 Å². The molecule has 1 saturated carbocycles. The van der Waals surface area contributed by atoms with E-state index in [0.717, 1.165) is 12.2 Å². The molecule has 5 heteroatoms. The normalized spacial score (nSPS) is 20.8. The van der Waals surface area contributed by atoms with Crippen molar-refractivity contribution < 1.29 is 13.2 Å².